The molecule has 0 spiro atoms. The highest BCUT2D eigenvalue weighted by Crippen LogP contribution is 2.33. The molecule has 3 aromatic carbocycles. The lowest BCUT2D eigenvalue weighted by Gasteiger charge is -2.11. The van der Waals surface area contributed by atoms with Crippen LogP contribution in [0.3, 0.4) is 0 Å². The highest BCUT2D eigenvalue weighted by atomic mass is 16.5. The molecule has 0 unspecified atom stereocenters. The maximum absolute atomic E-state index is 6.05. The fourth-order valence-electron chi connectivity index (χ4n) is 2.48. The van der Waals surface area contributed by atoms with Crippen molar-refractivity contribution in [2.45, 2.75) is 0 Å². The molecular weight excluding hydrogens is 298 g/mol. The van der Waals surface area contributed by atoms with Crippen LogP contribution >= 0.6 is 0 Å². The van der Waals surface area contributed by atoms with Crippen molar-refractivity contribution < 1.29 is 9.47 Å². The smallest absolute Gasteiger partial charge is 0.223 e. The van der Waals surface area contributed by atoms with Crippen LogP contribution in [-0.2, 0) is 0 Å². The Morgan fingerprint density at radius 2 is 1.17 bits per heavy atom. The van der Waals surface area contributed by atoms with Crippen molar-refractivity contribution in [3.8, 4) is 23.1 Å². The van der Waals surface area contributed by atoms with Crippen LogP contribution in [0.2, 0.25) is 0 Å². The van der Waals surface area contributed by atoms with Gasteiger partial charge in [0.1, 0.15) is 17.2 Å². The number of ether oxygens (including phenoxy) is 2. The highest BCUT2D eigenvalue weighted by Gasteiger charge is 2.09. The zero-order valence-electron chi connectivity index (χ0n) is 12.9. The van der Waals surface area contributed by atoms with Gasteiger partial charge >= 0.3 is 0 Å². The average Bonchev–Trinajstić information content (AvgIpc) is 2.63. The topological polar surface area (TPSA) is 31.4 Å². The Hall–Kier alpha value is -3.33. The van der Waals surface area contributed by atoms with Gasteiger partial charge in [-0.2, -0.15) is 0 Å². The Bertz CT molecular complexity index is 953. The molecular formula is C21H15NO2. The van der Waals surface area contributed by atoms with Gasteiger partial charge in [0.2, 0.25) is 5.88 Å². The minimum atomic E-state index is 0.505. The fourth-order valence-corrected chi connectivity index (χ4v) is 2.48. The number of para-hydroxylation sites is 3. The number of nitrogens with zero attached hydrogens (tertiary/aromatic N) is 1. The molecule has 0 fully saturated rings. The van der Waals surface area contributed by atoms with Gasteiger partial charge in [0.05, 0.1) is 5.52 Å². The number of benzene rings is 3. The molecule has 1 heterocycles. The zero-order valence-corrected chi connectivity index (χ0v) is 12.9. The van der Waals surface area contributed by atoms with Crippen LogP contribution in [0.4, 0.5) is 0 Å². The second-order valence-corrected chi connectivity index (χ2v) is 5.31. The van der Waals surface area contributed by atoms with Gasteiger partial charge in [-0.15, -0.1) is 0 Å². The molecule has 0 radical (unpaired) electrons. The van der Waals surface area contributed by atoms with Gasteiger partial charge in [-0.3, -0.25) is 0 Å². The molecule has 0 atom stereocenters. The summed E-state index contributed by atoms with van der Waals surface area (Å²) in [7, 11) is 0. The van der Waals surface area contributed by atoms with E-state index in [0.717, 1.165) is 28.2 Å². The molecule has 116 valence electrons. The molecule has 0 amide bonds. The summed E-state index contributed by atoms with van der Waals surface area (Å²) in [4.78, 5) is 4.57. The molecule has 0 saturated carbocycles. The lowest BCUT2D eigenvalue weighted by atomic mass is 10.2. The number of pyridine rings is 1. The second kappa shape index (κ2) is 6.42. The molecule has 3 nitrogen and oxygen atoms in total. The van der Waals surface area contributed by atoms with Crippen LogP contribution in [0.5, 0.6) is 23.1 Å². The minimum absolute atomic E-state index is 0.505. The summed E-state index contributed by atoms with van der Waals surface area (Å²) in [6, 6.07) is 29.0. The Labute approximate surface area is 140 Å². The van der Waals surface area contributed by atoms with E-state index in [2.05, 4.69) is 4.98 Å². The highest BCUT2D eigenvalue weighted by molar-refractivity contribution is 5.86. The summed E-state index contributed by atoms with van der Waals surface area (Å²) in [6.07, 6.45) is 0. The van der Waals surface area contributed by atoms with E-state index in [9.17, 15) is 0 Å². The van der Waals surface area contributed by atoms with Gasteiger partial charge in [0.15, 0.2) is 0 Å². The second-order valence-electron chi connectivity index (χ2n) is 5.31. The molecule has 24 heavy (non-hydrogen) atoms. The van der Waals surface area contributed by atoms with Crippen LogP contribution in [-0.4, -0.2) is 4.98 Å². The first kappa shape index (κ1) is 14.3. The summed E-state index contributed by atoms with van der Waals surface area (Å²) in [5.41, 5.74) is 0.830. The molecule has 0 bridgehead atoms. The standard InChI is InChI=1S/C21H15NO2/c1-3-9-16(10-4-1)23-20-15-21(24-17-11-5-2-6-12-17)22-19-14-8-7-13-18(19)20/h1-15H. The van der Waals surface area contributed by atoms with Crippen LogP contribution < -0.4 is 9.47 Å². The number of rotatable bonds is 4. The summed E-state index contributed by atoms with van der Waals surface area (Å²) >= 11 is 0. The number of aromatic nitrogens is 1. The number of hydrogen-bond donors (Lipinski definition) is 0. The third-order valence-corrected chi connectivity index (χ3v) is 3.59. The van der Waals surface area contributed by atoms with Gasteiger partial charge < -0.3 is 9.47 Å². The molecule has 0 aliphatic heterocycles. The van der Waals surface area contributed by atoms with Crippen molar-refractivity contribution in [1.29, 1.82) is 0 Å². The van der Waals surface area contributed by atoms with E-state index in [1.165, 1.54) is 0 Å². The Balaban J connectivity index is 1.76. The van der Waals surface area contributed by atoms with Crippen molar-refractivity contribution in [3.63, 3.8) is 0 Å². The van der Waals surface area contributed by atoms with Crippen molar-refractivity contribution in [3.05, 3.63) is 91.0 Å². The van der Waals surface area contributed by atoms with E-state index in [-0.39, 0.29) is 0 Å². The normalized spacial score (nSPS) is 10.5. The van der Waals surface area contributed by atoms with Crippen LogP contribution in [0.1, 0.15) is 0 Å². The van der Waals surface area contributed by atoms with Crippen molar-refractivity contribution in [2.24, 2.45) is 0 Å². The summed E-state index contributed by atoms with van der Waals surface area (Å²) in [5.74, 6) is 2.74. The third kappa shape index (κ3) is 3.06. The largest absolute Gasteiger partial charge is 0.456 e. The zero-order chi connectivity index (χ0) is 16.2. The van der Waals surface area contributed by atoms with Gasteiger partial charge in [0, 0.05) is 11.5 Å². The van der Waals surface area contributed by atoms with E-state index < -0.39 is 0 Å². The van der Waals surface area contributed by atoms with Gasteiger partial charge in [0.25, 0.3) is 0 Å². The first-order valence-corrected chi connectivity index (χ1v) is 7.74. The fraction of sp³-hybridized carbons (Fsp3) is 0. The van der Waals surface area contributed by atoms with Gasteiger partial charge in [-0.1, -0.05) is 48.5 Å². The maximum atomic E-state index is 6.05. The molecule has 0 aliphatic carbocycles. The molecule has 1 aromatic heterocycles. The Kier molecular flexibility index (Phi) is 3.82. The van der Waals surface area contributed by atoms with Gasteiger partial charge in [-0.05, 0) is 36.4 Å². The van der Waals surface area contributed by atoms with Crippen molar-refractivity contribution in [1.82, 2.24) is 4.98 Å². The third-order valence-electron chi connectivity index (χ3n) is 3.59. The molecule has 4 aromatic rings. The van der Waals surface area contributed by atoms with E-state index in [1.807, 2.05) is 91.0 Å². The predicted octanol–water partition coefficient (Wildman–Crippen LogP) is 5.82. The Morgan fingerprint density at radius 1 is 0.583 bits per heavy atom. The first-order chi connectivity index (χ1) is 11.9. The first-order valence-electron chi connectivity index (χ1n) is 7.74. The SMILES string of the molecule is c1ccc(Oc2cc(Oc3ccccc3)c3ccccc3n2)cc1. The summed E-state index contributed by atoms with van der Waals surface area (Å²) in [6.45, 7) is 0. The molecule has 3 heteroatoms. The van der Waals surface area contributed by atoms with E-state index in [1.54, 1.807) is 0 Å². The predicted molar refractivity (Wildman–Crippen MR) is 94.8 cm³/mol. The molecule has 0 N–H and O–H groups in total. The van der Waals surface area contributed by atoms with E-state index >= 15 is 0 Å². The maximum Gasteiger partial charge on any atom is 0.223 e. The molecule has 0 aliphatic rings. The van der Waals surface area contributed by atoms with Crippen LogP contribution in [0, 0.1) is 0 Å². The summed E-state index contributed by atoms with van der Waals surface area (Å²) in [5, 5.41) is 0.946. The quantitative estimate of drug-likeness (QED) is 0.476. The average molecular weight is 313 g/mol. The monoisotopic (exact) mass is 313 g/mol. The lowest BCUT2D eigenvalue weighted by molar-refractivity contribution is 0.451. The molecule has 4 rings (SSSR count). The van der Waals surface area contributed by atoms with Crippen LogP contribution in [0.15, 0.2) is 91.0 Å². The molecule has 0 saturated heterocycles. The van der Waals surface area contributed by atoms with Crippen molar-refractivity contribution >= 4 is 10.9 Å². The number of hydrogen-bond acceptors (Lipinski definition) is 3. The van der Waals surface area contributed by atoms with Crippen molar-refractivity contribution in [2.75, 3.05) is 0 Å². The van der Waals surface area contributed by atoms with E-state index in [4.69, 9.17) is 9.47 Å². The minimum Gasteiger partial charge on any atom is -0.456 e. The number of fused-ring (bicyclic) bond motifs is 1. The van der Waals surface area contributed by atoms with Crippen LogP contribution in [0.25, 0.3) is 10.9 Å². The van der Waals surface area contributed by atoms with Gasteiger partial charge in [-0.25, -0.2) is 4.98 Å². The Morgan fingerprint density at radius 3 is 1.88 bits per heavy atom. The van der Waals surface area contributed by atoms with E-state index in [0.29, 0.717) is 5.88 Å². The summed E-state index contributed by atoms with van der Waals surface area (Å²) < 4.78 is 11.9. The lowest BCUT2D eigenvalue weighted by Crippen LogP contribution is -1.92.